The van der Waals surface area contributed by atoms with Crippen molar-refractivity contribution in [2.24, 2.45) is 11.8 Å². The fourth-order valence-electron chi connectivity index (χ4n) is 2.14. The SMILES string of the molecule is CC(C)[C@H](Br)C(=O)NNC(=O)[C@@H]1C[C@H]1c1ccccc1. The van der Waals surface area contributed by atoms with Gasteiger partial charge in [-0.25, -0.2) is 0 Å². The normalized spacial score (nSPS) is 22.2. The summed E-state index contributed by atoms with van der Waals surface area (Å²) in [6.45, 7) is 3.88. The maximum atomic E-state index is 11.9. The summed E-state index contributed by atoms with van der Waals surface area (Å²) in [4.78, 5) is 23.4. The standard InChI is InChI=1S/C15H19BrN2O2/c1-9(2)13(16)15(20)18-17-14(19)12-8-11(12)10-6-4-3-5-7-10/h3-7,9,11-13H,8H2,1-2H3,(H,17,19)(H,18,20)/t11-,12+,13-/m0/s1. The van der Waals surface area contributed by atoms with Gasteiger partial charge in [-0.15, -0.1) is 0 Å². The van der Waals surface area contributed by atoms with Gasteiger partial charge in [0.2, 0.25) is 5.91 Å². The monoisotopic (exact) mass is 338 g/mol. The van der Waals surface area contributed by atoms with Crippen molar-refractivity contribution >= 4 is 27.7 Å². The molecule has 5 heteroatoms. The zero-order valence-electron chi connectivity index (χ0n) is 11.6. The first-order valence-electron chi connectivity index (χ1n) is 6.79. The molecule has 0 aliphatic heterocycles. The molecule has 0 saturated heterocycles. The first-order chi connectivity index (χ1) is 9.50. The molecule has 108 valence electrons. The lowest BCUT2D eigenvalue weighted by Crippen LogP contribution is -2.46. The molecule has 0 radical (unpaired) electrons. The minimum atomic E-state index is -0.299. The minimum absolute atomic E-state index is 0.0366. The number of benzene rings is 1. The molecular formula is C15H19BrN2O2. The van der Waals surface area contributed by atoms with Crippen LogP contribution in [0.3, 0.4) is 0 Å². The number of carbonyl (C=O) groups is 2. The van der Waals surface area contributed by atoms with Crippen molar-refractivity contribution in [3.63, 3.8) is 0 Å². The number of rotatable bonds is 4. The number of amides is 2. The van der Waals surface area contributed by atoms with Gasteiger partial charge in [-0.05, 0) is 23.8 Å². The van der Waals surface area contributed by atoms with Crippen LogP contribution >= 0.6 is 15.9 Å². The fourth-order valence-corrected chi connectivity index (χ4v) is 2.26. The van der Waals surface area contributed by atoms with Crippen molar-refractivity contribution in [2.45, 2.75) is 31.0 Å². The highest BCUT2D eigenvalue weighted by atomic mass is 79.9. The number of carbonyl (C=O) groups excluding carboxylic acids is 2. The Bertz CT molecular complexity index is 490. The highest BCUT2D eigenvalue weighted by Crippen LogP contribution is 2.47. The summed E-state index contributed by atoms with van der Waals surface area (Å²) >= 11 is 3.30. The van der Waals surface area contributed by atoms with Gasteiger partial charge in [0.15, 0.2) is 0 Å². The number of alkyl halides is 1. The summed E-state index contributed by atoms with van der Waals surface area (Å²) in [6.07, 6.45) is 0.841. The van der Waals surface area contributed by atoms with Crippen LogP contribution in [0.5, 0.6) is 0 Å². The Hall–Kier alpha value is -1.36. The second-order valence-electron chi connectivity index (χ2n) is 5.48. The smallest absolute Gasteiger partial charge is 0.252 e. The summed E-state index contributed by atoms with van der Waals surface area (Å²) in [5.41, 5.74) is 6.16. The van der Waals surface area contributed by atoms with Gasteiger partial charge in [-0.2, -0.15) is 0 Å². The quantitative estimate of drug-likeness (QED) is 0.654. The largest absolute Gasteiger partial charge is 0.273 e. The van der Waals surface area contributed by atoms with Crippen molar-refractivity contribution in [1.82, 2.24) is 10.9 Å². The second kappa shape index (κ2) is 6.39. The average Bonchev–Trinajstić information content (AvgIpc) is 3.24. The lowest BCUT2D eigenvalue weighted by molar-refractivity contribution is -0.129. The first-order valence-corrected chi connectivity index (χ1v) is 7.71. The molecule has 0 aromatic heterocycles. The molecule has 1 aromatic carbocycles. The van der Waals surface area contributed by atoms with Gasteiger partial charge in [0, 0.05) is 5.92 Å². The molecular weight excluding hydrogens is 320 g/mol. The van der Waals surface area contributed by atoms with E-state index in [-0.39, 0.29) is 34.4 Å². The van der Waals surface area contributed by atoms with Crippen LogP contribution in [0.1, 0.15) is 31.7 Å². The van der Waals surface area contributed by atoms with E-state index in [0.717, 1.165) is 6.42 Å². The van der Waals surface area contributed by atoms with Crippen molar-refractivity contribution < 1.29 is 9.59 Å². The van der Waals surface area contributed by atoms with E-state index in [0.29, 0.717) is 0 Å². The van der Waals surface area contributed by atoms with Crippen molar-refractivity contribution in [3.05, 3.63) is 35.9 Å². The van der Waals surface area contributed by atoms with E-state index in [1.165, 1.54) is 5.56 Å². The Morgan fingerprint density at radius 3 is 2.45 bits per heavy atom. The maximum Gasteiger partial charge on any atom is 0.252 e. The fraction of sp³-hybridized carbons (Fsp3) is 0.467. The maximum absolute atomic E-state index is 11.9. The second-order valence-corrected chi connectivity index (χ2v) is 6.47. The molecule has 1 aliphatic carbocycles. The molecule has 2 N–H and O–H groups in total. The van der Waals surface area contributed by atoms with Gasteiger partial charge < -0.3 is 0 Å². The van der Waals surface area contributed by atoms with Gasteiger partial charge in [0.25, 0.3) is 5.91 Å². The van der Waals surface area contributed by atoms with Crippen LogP contribution in [-0.4, -0.2) is 16.6 Å². The highest BCUT2D eigenvalue weighted by molar-refractivity contribution is 9.10. The molecule has 0 spiro atoms. The molecule has 1 aliphatic rings. The van der Waals surface area contributed by atoms with Gasteiger partial charge >= 0.3 is 0 Å². The Kier molecular flexibility index (Phi) is 4.81. The number of hydrogen-bond acceptors (Lipinski definition) is 2. The zero-order chi connectivity index (χ0) is 14.7. The third-order valence-corrected chi connectivity index (χ3v) is 4.97. The molecule has 2 rings (SSSR count). The molecule has 1 saturated carbocycles. The molecule has 1 aromatic rings. The summed E-state index contributed by atoms with van der Waals surface area (Å²) in [7, 11) is 0. The number of hydrogen-bond donors (Lipinski definition) is 2. The summed E-state index contributed by atoms with van der Waals surface area (Å²) in [5.74, 6) is 0.0781. The number of halogens is 1. The van der Waals surface area contributed by atoms with E-state index >= 15 is 0 Å². The average molecular weight is 339 g/mol. The van der Waals surface area contributed by atoms with Crippen LogP contribution in [0.2, 0.25) is 0 Å². The van der Waals surface area contributed by atoms with Crippen LogP contribution in [0.15, 0.2) is 30.3 Å². The van der Waals surface area contributed by atoms with E-state index in [9.17, 15) is 9.59 Å². The molecule has 0 bridgehead atoms. The molecule has 20 heavy (non-hydrogen) atoms. The number of nitrogens with one attached hydrogen (secondary N) is 2. The lowest BCUT2D eigenvalue weighted by atomic mass is 10.1. The van der Waals surface area contributed by atoms with E-state index in [2.05, 4.69) is 26.8 Å². The highest BCUT2D eigenvalue weighted by Gasteiger charge is 2.44. The Morgan fingerprint density at radius 1 is 1.20 bits per heavy atom. The third-order valence-electron chi connectivity index (χ3n) is 3.50. The Balaban J connectivity index is 1.79. The van der Waals surface area contributed by atoms with Crippen LogP contribution < -0.4 is 10.9 Å². The van der Waals surface area contributed by atoms with Crippen LogP contribution in [0.4, 0.5) is 0 Å². The summed E-state index contributed by atoms with van der Waals surface area (Å²) in [5, 5.41) is 0. The first kappa shape index (κ1) is 15.0. The molecule has 1 fully saturated rings. The van der Waals surface area contributed by atoms with Crippen LogP contribution in [0.25, 0.3) is 0 Å². The lowest BCUT2D eigenvalue weighted by Gasteiger charge is -2.14. The van der Waals surface area contributed by atoms with Crippen LogP contribution in [0, 0.1) is 11.8 Å². The summed E-state index contributed by atoms with van der Waals surface area (Å²) in [6, 6.07) is 9.97. The van der Waals surface area contributed by atoms with E-state index < -0.39 is 0 Å². The van der Waals surface area contributed by atoms with Crippen molar-refractivity contribution in [1.29, 1.82) is 0 Å². The van der Waals surface area contributed by atoms with Crippen LogP contribution in [-0.2, 0) is 9.59 Å². The molecule has 0 heterocycles. The van der Waals surface area contributed by atoms with Gasteiger partial charge in [0.1, 0.15) is 0 Å². The van der Waals surface area contributed by atoms with Gasteiger partial charge in [-0.1, -0.05) is 60.1 Å². The van der Waals surface area contributed by atoms with E-state index in [1.807, 2.05) is 44.2 Å². The van der Waals surface area contributed by atoms with Gasteiger partial charge in [-0.3, -0.25) is 20.4 Å². The molecule has 0 unspecified atom stereocenters. The topological polar surface area (TPSA) is 58.2 Å². The summed E-state index contributed by atoms with van der Waals surface area (Å²) < 4.78 is 0. The molecule has 2 amide bonds. The zero-order valence-corrected chi connectivity index (χ0v) is 13.2. The van der Waals surface area contributed by atoms with Crippen molar-refractivity contribution in [2.75, 3.05) is 0 Å². The Morgan fingerprint density at radius 2 is 1.85 bits per heavy atom. The predicted molar refractivity (Wildman–Crippen MR) is 81.1 cm³/mol. The predicted octanol–water partition coefficient (Wildman–Crippen LogP) is 2.36. The van der Waals surface area contributed by atoms with Gasteiger partial charge in [0.05, 0.1) is 4.83 Å². The molecule has 4 nitrogen and oxygen atoms in total. The number of hydrazine groups is 1. The van der Waals surface area contributed by atoms with E-state index in [4.69, 9.17) is 0 Å². The Labute approximate surface area is 127 Å². The third kappa shape index (κ3) is 3.60. The van der Waals surface area contributed by atoms with E-state index in [1.54, 1.807) is 0 Å². The molecule has 3 atom stereocenters. The minimum Gasteiger partial charge on any atom is -0.273 e. The van der Waals surface area contributed by atoms with Crippen molar-refractivity contribution in [3.8, 4) is 0 Å².